The Labute approximate surface area is 162 Å². The van der Waals surface area contributed by atoms with Crippen molar-refractivity contribution in [1.82, 2.24) is 20.2 Å². The number of carbonyl (C=O) groups excluding carboxylic acids is 1. The first-order valence-corrected chi connectivity index (χ1v) is 10.4. The smallest absolute Gasteiger partial charge is 0.418 e. The van der Waals surface area contributed by atoms with Gasteiger partial charge in [0.2, 0.25) is 11.8 Å². The molecule has 2 amide bonds. The lowest BCUT2D eigenvalue weighted by Gasteiger charge is -2.27. The molecule has 0 radical (unpaired) electrons. The zero-order chi connectivity index (χ0) is 19.7. The summed E-state index contributed by atoms with van der Waals surface area (Å²) in [4.78, 5) is 13.9. The quantitative estimate of drug-likeness (QED) is 0.689. The fourth-order valence-corrected chi connectivity index (χ4v) is 4.07. The van der Waals surface area contributed by atoms with Gasteiger partial charge in [0.05, 0.1) is 6.04 Å². The van der Waals surface area contributed by atoms with Gasteiger partial charge >= 0.3 is 16.4 Å². The summed E-state index contributed by atoms with van der Waals surface area (Å²) >= 11 is 0. The maximum Gasteiger partial charge on any atom is 0.418 e. The van der Waals surface area contributed by atoms with Crippen molar-refractivity contribution in [3.63, 3.8) is 0 Å². The Bertz CT molecular complexity index is 948. The SMILES string of the molecule is O=C1N2C[C@@H](CC[C@H]2c2nnc(CCCc3ccccc3)o2)N1OS(=O)(=O)O. The minimum absolute atomic E-state index is 0.269. The van der Waals surface area contributed by atoms with Gasteiger partial charge in [0.25, 0.3) is 0 Å². The minimum Gasteiger partial charge on any atom is -0.423 e. The highest BCUT2D eigenvalue weighted by Gasteiger charge is 2.49. The molecule has 0 saturated carbocycles. The van der Waals surface area contributed by atoms with Gasteiger partial charge in [0.1, 0.15) is 6.04 Å². The van der Waals surface area contributed by atoms with Crippen molar-refractivity contribution in [3.8, 4) is 0 Å². The van der Waals surface area contributed by atoms with Crippen LogP contribution in [0.1, 0.15) is 42.6 Å². The number of hydroxylamine groups is 2. The number of nitrogens with zero attached hydrogens (tertiary/aromatic N) is 4. The molecule has 150 valence electrons. The summed E-state index contributed by atoms with van der Waals surface area (Å²) in [5.74, 6) is 0.834. The second kappa shape index (κ2) is 7.49. The molecular weight excluding hydrogens is 388 g/mol. The van der Waals surface area contributed by atoms with Gasteiger partial charge in [-0.05, 0) is 31.2 Å². The molecule has 1 aromatic heterocycles. The van der Waals surface area contributed by atoms with Crippen molar-refractivity contribution in [2.45, 2.75) is 44.2 Å². The van der Waals surface area contributed by atoms with E-state index < -0.39 is 28.5 Å². The average Bonchev–Trinajstić information content (AvgIpc) is 3.22. The zero-order valence-electron chi connectivity index (χ0n) is 15.0. The van der Waals surface area contributed by atoms with Crippen LogP contribution in [0.15, 0.2) is 34.7 Å². The van der Waals surface area contributed by atoms with Crippen LogP contribution in [0.2, 0.25) is 0 Å². The first-order valence-electron chi connectivity index (χ1n) is 9.04. The molecule has 3 heterocycles. The molecule has 10 nitrogen and oxygen atoms in total. The number of benzene rings is 1. The molecule has 28 heavy (non-hydrogen) atoms. The van der Waals surface area contributed by atoms with Gasteiger partial charge in [0.15, 0.2) is 0 Å². The summed E-state index contributed by atoms with van der Waals surface area (Å²) in [6, 6.07) is 8.58. The van der Waals surface area contributed by atoms with Gasteiger partial charge in [0, 0.05) is 13.0 Å². The Morgan fingerprint density at radius 3 is 2.71 bits per heavy atom. The van der Waals surface area contributed by atoms with Crippen LogP contribution in [-0.2, 0) is 27.5 Å². The minimum atomic E-state index is -4.76. The number of aryl methyl sites for hydroxylation is 2. The Hall–Kier alpha value is -2.50. The lowest BCUT2D eigenvalue weighted by atomic mass is 10.0. The number of aromatic nitrogens is 2. The maximum atomic E-state index is 12.4. The molecule has 4 rings (SSSR count). The van der Waals surface area contributed by atoms with Gasteiger partial charge in [-0.15, -0.1) is 14.5 Å². The molecule has 2 aromatic rings. The molecule has 2 aliphatic heterocycles. The Kier molecular flexibility index (Phi) is 5.04. The number of carbonyl (C=O) groups is 1. The first kappa shape index (κ1) is 18.8. The molecule has 2 atom stereocenters. The highest BCUT2D eigenvalue weighted by molar-refractivity contribution is 7.80. The van der Waals surface area contributed by atoms with E-state index in [1.54, 1.807) is 0 Å². The van der Waals surface area contributed by atoms with Crippen molar-refractivity contribution in [3.05, 3.63) is 47.7 Å². The van der Waals surface area contributed by atoms with Crippen LogP contribution >= 0.6 is 0 Å². The summed E-state index contributed by atoms with van der Waals surface area (Å²) in [7, 11) is -4.76. The van der Waals surface area contributed by atoms with Crippen molar-refractivity contribution < 1.29 is 26.5 Å². The Morgan fingerprint density at radius 1 is 1.18 bits per heavy atom. The molecule has 1 aromatic carbocycles. The molecule has 0 unspecified atom stereocenters. The molecule has 11 heteroatoms. The second-order valence-corrected chi connectivity index (χ2v) is 7.89. The van der Waals surface area contributed by atoms with Crippen LogP contribution in [0.5, 0.6) is 0 Å². The highest BCUT2D eigenvalue weighted by atomic mass is 32.3. The molecule has 2 fully saturated rings. The molecular formula is C17H20N4O6S. The number of amides is 2. The zero-order valence-corrected chi connectivity index (χ0v) is 15.8. The Balaban J connectivity index is 1.38. The molecule has 2 saturated heterocycles. The first-order chi connectivity index (χ1) is 13.4. The van der Waals surface area contributed by atoms with E-state index in [2.05, 4.69) is 26.6 Å². The number of hydrogen-bond acceptors (Lipinski definition) is 7. The summed E-state index contributed by atoms with van der Waals surface area (Å²) in [5, 5.41) is 8.85. The van der Waals surface area contributed by atoms with E-state index in [4.69, 9.17) is 8.97 Å². The molecule has 0 aliphatic carbocycles. The fraction of sp³-hybridized carbons (Fsp3) is 0.471. The summed E-state index contributed by atoms with van der Waals surface area (Å²) < 4.78 is 40.9. The standard InChI is InChI=1S/C17H20N4O6S/c22-17-20-11-13(21(17)27-28(23,24)25)9-10-14(20)16-19-18-15(26-16)8-4-7-12-5-2-1-3-6-12/h1-3,5-6,13-14H,4,7-11H2,(H,23,24,25)/t13-,14+/m1/s1. The normalized spacial score (nSPS) is 22.1. The van der Waals surface area contributed by atoms with Crippen LogP contribution in [0.3, 0.4) is 0 Å². The number of hydrogen-bond donors (Lipinski definition) is 1. The van der Waals surface area contributed by atoms with Crippen LogP contribution in [-0.4, -0.2) is 51.7 Å². The summed E-state index contributed by atoms with van der Waals surface area (Å²) in [6.07, 6.45) is 3.41. The van der Waals surface area contributed by atoms with Crippen LogP contribution in [0.25, 0.3) is 0 Å². The van der Waals surface area contributed by atoms with Crippen LogP contribution in [0.4, 0.5) is 4.79 Å². The van der Waals surface area contributed by atoms with Crippen molar-refractivity contribution >= 4 is 16.4 Å². The number of urea groups is 1. The summed E-state index contributed by atoms with van der Waals surface area (Å²) in [6.45, 7) is 0.269. The van der Waals surface area contributed by atoms with Gasteiger partial charge in [-0.25, -0.2) is 4.79 Å². The highest BCUT2D eigenvalue weighted by Crippen LogP contribution is 2.38. The van der Waals surface area contributed by atoms with Crippen LogP contribution < -0.4 is 0 Å². The topological polar surface area (TPSA) is 126 Å². The van der Waals surface area contributed by atoms with Crippen molar-refractivity contribution in [1.29, 1.82) is 0 Å². The predicted octanol–water partition coefficient (Wildman–Crippen LogP) is 1.92. The lowest BCUT2D eigenvalue weighted by Crippen LogP contribution is -2.35. The third-order valence-electron chi connectivity index (χ3n) is 4.96. The average molecular weight is 408 g/mol. The van der Waals surface area contributed by atoms with Crippen molar-refractivity contribution in [2.24, 2.45) is 0 Å². The number of piperidine rings is 1. The summed E-state index contributed by atoms with van der Waals surface area (Å²) in [5.41, 5.74) is 1.24. The van der Waals surface area contributed by atoms with E-state index in [1.165, 1.54) is 10.5 Å². The van der Waals surface area contributed by atoms with Gasteiger partial charge in [-0.2, -0.15) is 13.5 Å². The molecule has 1 N–H and O–H groups in total. The van der Waals surface area contributed by atoms with E-state index in [0.717, 1.165) is 12.8 Å². The predicted molar refractivity (Wildman–Crippen MR) is 95.1 cm³/mol. The third-order valence-corrected chi connectivity index (χ3v) is 5.31. The third kappa shape index (κ3) is 4.01. The molecule has 2 bridgehead atoms. The van der Waals surface area contributed by atoms with E-state index in [1.807, 2.05) is 18.2 Å². The van der Waals surface area contributed by atoms with Crippen LogP contribution in [0, 0.1) is 0 Å². The van der Waals surface area contributed by atoms with Gasteiger partial charge < -0.3 is 9.32 Å². The monoisotopic (exact) mass is 408 g/mol. The second-order valence-electron chi connectivity index (χ2n) is 6.88. The Morgan fingerprint density at radius 2 is 1.96 bits per heavy atom. The maximum absolute atomic E-state index is 12.4. The fourth-order valence-electron chi connectivity index (χ4n) is 3.68. The van der Waals surface area contributed by atoms with Gasteiger partial charge in [-0.3, -0.25) is 4.55 Å². The van der Waals surface area contributed by atoms with Crippen molar-refractivity contribution in [2.75, 3.05) is 6.54 Å². The molecule has 2 aliphatic rings. The number of rotatable bonds is 7. The lowest BCUT2D eigenvalue weighted by molar-refractivity contribution is -0.0317. The number of fused-ring (bicyclic) bond motifs is 2. The van der Waals surface area contributed by atoms with E-state index in [-0.39, 0.29) is 6.54 Å². The van der Waals surface area contributed by atoms with E-state index in [0.29, 0.717) is 36.1 Å². The largest absolute Gasteiger partial charge is 0.423 e. The van der Waals surface area contributed by atoms with E-state index >= 15 is 0 Å². The van der Waals surface area contributed by atoms with E-state index in [9.17, 15) is 13.2 Å². The van der Waals surface area contributed by atoms with Gasteiger partial charge in [-0.1, -0.05) is 30.3 Å². The molecule has 0 spiro atoms.